The molecule has 0 aliphatic heterocycles. The Hall–Kier alpha value is -3.28. The summed E-state index contributed by atoms with van der Waals surface area (Å²) < 4.78 is 81.1. The van der Waals surface area contributed by atoms with Crippen molar-refractivity contribution in [3.8, 4) is 11.1 Å². The van der Waals surface area contributed by atoms with E-state index < -0.39 is 29.2 Å². The Morgan fingerprint density at radius 2 is 1.31 bits per heavy atom. The molecule has 0 radical (unpaired) electrons. The molecule has 0 fully saturated rings. The van der Waals surface area contributed by atoms with Gasteiger partial charge in [-0.1, -0.05) is 61.9 Å². The number of alkyl halides is 3. The highest BCUT2D eigenvalue weighted by atomic mass is 19.4. The number of fused-ring (bicyclic) bond motifs is 1. The monoisotopic (exact) mass is 486 g/mol. The fourth-order valence-corrected chi connectivity index (χ4v) is 4.27. The van der Waals surface area contributed by atoms with Gasteiger partial charge in [-0.15, -0.1) is 0 Å². The second-order valence-corrected chi connectivity index (χ2v) is 8.71. The van der Waals surface area contributed by atoms with E-state index in [2.05, 4.69) is 31.2 Å². The Balaban J connectivity index is 1.53. The molecule has 35 heavy (non-hydrogen) atoms. The third-order valence-electron chi connectivity index (χ3n) is 6.21. The summed E-state index contributed by atoms with van der Waals surface area (Å²) in [5.74, 6) is -3.79. The van der Waals surface area contributed by atoms with Crippen molar-refractivity contribution in [1.29, 1.82) is 0 Å². The number of hydrogen-bond donors (Lipinski definition) is 0. The molecule has 0 saturated heterocycles. The fraction of sp³-hybridized carbons (Fsp3) is 0.241. The van der Waals surface area contributed by atoms with Gasteiger partial charge in [0.1, 0.15) is 23.0 Å². The number of halogens is 6. The quantitative estimate of drug-likeness (QED) is 0.229. The van der Waals surface area contributed by atoms with E-state index >= 15 is 4.39 Å². The predicted octanol–water partition coefficient (Wildman–Crippen LogP) is 9.07. The SMILES string of the molecule is CCCCc1ccc(-c2ccc3c(F)c(CCc4cc(F)c(C(F)(F)F)c(F)c4)ccc3c2)cc1. The third-order valence-corrected chi connectivity index (χ3v) is 6.21. The molecule has 0 aliphatic rings. The average Bonchev–Trinajstić information content (AvgIpc) is 2.81. The Bertz CT molecular complexity index is 1310. The first-order valence-electron chi connectivity index (χ1n) is 11.5. The van der Waals surface area contributed by atoms with E-state index in [1.807, 2.05) is 12.1 Å². The van der Waals surface area contributed by atoms with Crippen molar-refractivity contribution >= 4 is 10.8 Å². The van der Waals surface area contributed by atoms with E-state index in [0.29, 0.717) is 28.5 Å². The van der Waals surface area contributed by atoms with Crippen LogP contribution in [0.5, 0.6) is 0 Å². The minimum Gasteiger partial charge on any atom is -0.206 e. The normalized spacial score (nSPS) is 11.9. The average molecular weight is 486 g/mol. The van der Waals surface area contributed by atoms with E-state index in [0.717, 1.165) is 30.4 Å². The van der Waals surface area contributed by atoms with Gasteiger partial charge in [-0.2, -0.15) is 13.2 Å². The highest BCUT2D eigenvalue weighted by Crippen LogP contribution is 2.34. The van der Waals surface area contributed by atoms with Crippen LogP contribution in [-0.4, -0.2) is 0 Å². The number of hydrogen-bond acceptors (Lipinski definition) is 0. The molecule has 0 spiro atoms. The summed E-state index contributed by atoms with van der Waals surface area (Å²) in [5, 5.41) is 1.13. The summed E-state index contributed by atoms with van der Waals surface area (Å²) in [5.41, 5.74) is 1.71. The maximum Gasteiger partial charge on any atom is 0.422 e. The van der Waals surface area contributed by atoms with Crippen LogP contribution < -0.4 is 0 Å². The van der Waals surface area contributed by atoms with Crippen molar-refractivity contribution in [3.05, 3.63) is 106 Å². The zero-order valence-corrected chi connectivity index (χ0v) is 19.2. The fourth-order valence-electron chi connectivity index (χ4n) is 4.27. The van der Waals surface area contributed by atoms with Crippen molar-refractivity contribution < 1.29 is 26.3 Å². The van der Waals surface area contributed by atoms with Crippen LogP contribution in [0.4, 0.5) is 26.3 Å². The number of unbranched alkanes of at least 4 members (excludes halogenated alkanes) is 1. The topological polar surface area (TPSA) is 0 Å². The zero-order valence-electron chi connectivity index (χ0n) is 19.2. The molecule has 0 saturated carbocycles. The Kier molecular flexibility index (Phi) is 7.20. The molecule has 4 aromatic carbocycles. The van der Waals surface area contributed by atoms with Crippen LogP contribution in [0.15, 0.2) is 66.7 Å². The lowest BCUT2D eigenvalue weighted by molar-refractivity contribution is -0.142. The third kappa shape index (κ3) is 5.53. The van der Waals surface area contributed by atoms with Gasteiger partial charge in [0.25, 0.3) is 0 Å². The van der Waals surface area contributed by atoms with Crippen LogP contribution in [0.25, 0.3) is 21.9 Å². The minimum absolute atomic E-state index is 0.00311. The smallest absolute Gasteiger partial charge is 0.206 e. The largest absolute Gasteiger partial charge is 0.422 e. The first kappa shape index (κ1) is 24.8. The maximum atomic E-state index is 15.2. The maximum absolute atomic E-state index is 15.2. The molecule has 0 aliphatic carbocycles. The molecule has 6 heteroatoms. The number of aryl methyl sites for hydroxylation is 3. The van der Waals surface area contributed by atoms with Crippen molar-refractivity contribution in [1.82, 2.24) is 0 Å². The highest BCUT2D eigenvalue weighted by Gasteiger charge is 2.37. The van der Waals surface area contributed by atoms with Gasteiger partial charge >= 0.3 is 6.18 Å². The molecule has 0 aromatic heterocycles. The van der Waals surface area contributed by atoms with Crippen LogP contribution in [0.1, 0.15) is 42.0 Å². The van der Waals surface area contributed by atoms with Crippen LogP contribution in [-0.2, 0) is 25.4 Å². The molecule has 182 valence electrons. The van der Waals surface area contributed by atoms with E-state index in [1.165, 1.54) is 5.56 Å². The highest BCUT2D eigenvalue weighted by molar-refractivity contribution is 5.88. The van der Waals surface area contributed by atoms with Crippen molar-refractivity contribution in [2.45, 2.75) is 45.2 Å². The summed E-state index contributed by atoms with van der Waals surface area (Å²) in [4.78, 5) is 0. The summed E-state index contributed by atoms with van der Waals surface area (Å²) in [7, 11) is 0. The summed E-state index contributed by atoms with van der Waals surface area (Å²) in [6.07, 6.45) is -1.72. The van der Waals surface area contributed by atoms with Gasteiger partial charge in [0.15, 0.2) is 0 Å². The van der Waals surface area contributed by atoms with Crippen LogP contribution in [0.3, 0.4) is 0 Å². The Morgan fingerprint density at radius 3 is 1.94 bits per heavy atom. The van der Waals surface area contributed by atoms with Gasteiger partial charge in [-0.25, -0.2) is 13.2 Å². The lowest BCUT2D eigenvalue weighted by Crippen LogP contribution is -2.12. The zero-order chi connectivity index (χ0) is 25.2. The minimum atomic E-state index is -5.12. The molecule has 0 heterocycles. The van der Waals surface area contributed by atoms with Gasteiger partial charge in [0, 0.05) is 5.39 Å². The van der Waals surface area contributed by atoms with Gasteiger partial charge in [-0.3, -0.25) is 0 Å². The molecule has 0 N–H and O–H groups in total. The van der Waals surface area contributed by atoms with Crippen molar-refractivity contribution in [3.63, 3.8) is 0 Å². The molecule has 4 aromatic rings. The lowest BCUT2D eigenvalue weighted by Gasteiger charge is -2.12. The number of rotatable bonds is 7. The Labute approximate surface area is 200 Å². The van der Waals surface area contributed by atoms with E-state index in [1.54, 1.807) is 18.2 Å². The van der Waals surface area contributed by atoms with E-state index in [-0.39, 0.29) is 18.4 Å². The van der Waals surface area contributed by atoms with Gasteiger partial charge in [0.2, 0.25) is 0 Å². The lowest BCUT2D eigenvalue weighted by atomic mass is 9.96. The van der Waals surface area contributed by atoms with Crippen LogP contribution >= 0.6 is 0 Å². The molecular formula is C29H24F6. The number of benzene rings is 4. The molecule has 0 atom stereocenters. The molecule has 0 bridgehead atoms. The molecule has 0 unspecified atom stereocenters. The van der Waals surface area contributed by atoms with Crippen LogP contribution in [0.2, 0.25) is 0 Å². The van der Waals surface area contributed by atoms with Crippen molar-refractivity contribution in [2.75, 3.05) is 0 Å². The van der Waals surface area contributed by atoms with Crippen LogP contribution in [0, 0.1) is 17.5 Å². The molecule has 0 amide bonds. The van der Waals surface area contributed by atoms with Gasteiger partial charge < -0.3 is 0 Å². The van der Waals surface area contributed by atoms with E-state index in [4.69, 9.17) is 0 Å². The molecule has 0 nitrogen and oxygen atoms in total. The van der Waals surface area contributed by atoms with Crippen molar-refractivity contribution in [2.24, 2.45) is 0 Å². The first-order valence-corrected chi connectivity index (χ1v) is 11.5. The first-order chi connectivity index (χ1) is 16.7. The predicted molar refractivity (Wildman–Crippen MR) is 127 cm³/mol. The van der Waals surface area contributed by atoms with Gasteiger partial charge in [0.05, 0.1) is 0 Å². The molecule has 4 rings (SSSR count). The van der Waals surface area contributed by atoms with E-state index in [9.17, 15) is 22.0 Å². The Morgan fingerprint density at radius 1 is 0.657 bits per heavy atom. The standard InChI is InChI=1S/C29H24F6/c1-2-3-4-18-5-8-20(9-6-18)22-13-14-24-23(17-22)12-11-21(28(24)32)10-7-19-15-25(30)27(26(31)16-19)29(33,34)35/h5-6,8-9,11-17H,2-4,7,10H2,1H3. The second-order valence-electron chi connectivity index (χ2n) is 8.71. The summed E-state index contributed by atoms with van der Waals surface area (Å²) >= 11 is 0. The second kappa shape index (κ2) is 10.1. The van der Waals surface area contributed by atoms with Gasteiger partial charge in [-0.05, 0) is 77.1 Å². The summed E-state index contributed by atoms with van der Waals surface area (Å²) in [6, 6.07) is 18.5. The summed E-state index contributed by atoms with van der Waals surface area (Å²) in [6.45, 7) is 2.16. The molecular weight excluding hydrogens is 462 g/mol.